The number of benzene rings is 1. The minimum absolute atomic E-state index is 0.761. The molecule has 0 heterocycles. The van der Waals surface area contributed by atoms with E-state index in [0.29, 0.717) is 0 Å². The van der Waals surface area contributed by atoms with Crippen LogP contribution in [0.3, 0.4) is 0 Å². The third-order valence-corrected chi connectivity index (χ3v) is 7.26. The van der Waals surface area contributed by atoms with Gasteiger partial charge < -0.3 is 14.2 Å². The molecule has 1 N–H and O–H groups in total. The van der Waals surface area contributed by atoms with Crippen LogP contribution in [0.25, 0.3) is 0 Å². The van der Waals surface area contributed by atoms with Gasteiger partial charge in [-0.25, -0.2) is 0 Å². The first-order chi connectivity index (χ1) is 9.76. The first-order valence-electron chi connectivity index (χ1n) is 7.79. The summed E-state index contributed by atoms with van der Waals surface area (Å²) in [7, 11) is -1.94. The van der Waals surface area contributed by atoms with Gasteiger partial charge in [-0.1, -0.05) is 37.3 Å². The highest BCUT2D eigenvalue weighted by Gasteiger charge is 2.34. The average molecular weight is 295 g/mol. The number of nitrogens with one attached hydrogen (secondary N) is 1. The second-order valence-corrected chi connectivity index (χ2v) is 8.50. The summed E-state index contributed by atoms with van der Waals surface area (Å²) in [6.07, 6.45) is 1.12. The van der Waals surface area contributed by atoms with Crippen LogP contribution in [0.15, 0.2) is 30.3 Å². The Hall–Kier alpha value is -0.683. The zero-order valence-corrected chi connectivity index (χ0v) is 14.2. The fourth-order valence-corrected chi connectivity index (χ4v) is 5.31. The standard InChI is InChI=1S/C16H29NO2Si/c1-4-18-20(6-3,19-5-2)14-10-13-17-15-16-11-8-7-9-12-16/h7-9,11-12,17H,4-6,10,13-15H2,1-3H3. The smallest absolute Gasteiger partial charge is 0.337 e. The second kappa shape index (κ2) is 10.1. The summed E-state index contributed by atoms with van der Waals surface area (Å²) < 4.78 is 11.9. The highest BCUT2D eigenvalue weighted by atomic mass is 28.4. The van der Waals surface area contributed by atoms with Gasteiger partial charge in [0.15, 0.2) is 0 Å². The molecule has 1 rings (SSSR count). The molecule has 1 aromatic rings. The maximum atomic E-state index is 5.97. The molecule has 4 heteroatoms. The Bertz CT molecular complexity index is 340. The van der Waals surface area contributed by atoms with E-state index in [-0.39, 0.29) is 0 Å². The molecular formula is C16H29NO2Si. The van der Waals surface area contributed by atoms with E-state index in [1.54, 1.807) is 0 Å². The Morgan fingerprint density at radius 2 is 1.65 bits per heavy atom. The summed E-state index contributed by atoms with van der Waals surface area (Å²) in [5.74, 6) is 0. The molecule has 20 heavy (non-hydrogen) atoms. The van der Waals surface area contributed by atoms with E-state index in [0.717, 1.165) is 44.8 Å². The van der Waals surface area contributed by atoms with Crippen molar-refractivity contribution in [2.75, 3.05) is 19.8 Å². The number of hydrogen-bond acceptors (Lipinski definition) is 3. The van der Waals surface area contributed by atoms with Gasteiger partial charge in [-0.05, 0) is 44.5 Å². The lowest BCUT2D eigenvalue weighted by atomic mass is 10.2. The Morgan fingerprint density at radius 3 is 2.20 bits per heavy atom. The maximum Gasteiger partial charge on any atom is 0.337 e. The third-order valence-electron chi connectivity index (χ3n) is 3.44. The van der Waals surface area contributed by atoms with E-state index in [9.17, 15) is 0 Å². The summed E-state index contributed by atoms with van der Waals surface area (Å²) in [5.41, 5.74) is 1.33. The van der Waals surface area contributed by atoms with Crippen molar-refractivity contribution in [2.45, 2.75) is 45.8 Å². The molecule has 3 nitrogen and oxygen atoms in total. The molecule has 0 saturated carbocycles. The molecule has 0 spiro atoms. The molecule has 0 amide bonds. The van der Waals surface area contributed by atoms with Gasteiger partial charge in [-0.15, -0.1) is 0 Å². The lowest BCUT2D eigenvalue weighted by Gasteiger charge is -2.29. The molecule has 0 aliphatic rings. The molecule has 0 atom stereocenters. The summed E-state index contributed by atoms with van der Waals surface area (Å²) >= 11 is 0. The Morgan fingerprint density at radius 1 is 1.00 bits per heavy atom. The van der Waals surface area contributed by atoms with Crippen molar-refractivity contribution in [2.24, 2.45) is 0 Å². The average Bonchev–Trinajstić information content (AvgIpc) is 2.48. The van der Waals surface area contributed by atoms with Crippen molar-refractivity contribution >= 4 is 8.56 Å². The van der Waals surface area contributed by atoms with Gasteiger partial charge >= 0.3 is 8.56 Å². The molecule has 0 saturated heterocycles. The second-order valence-electron chi connectivity index (χ2n) is 4.90. The van der Waals surface area contributed by atoms with Crippen LogP contribution in [-0.2, 0) is 15.4 Å². The van der Waals surface area contributed by atoms with Crippen molar-refractivity contribution in [3.05, 3.63) is 35.9 Å². The van der Waals surface area contributed by atoms with E-state index in [1.807, 2.05) is 0 Å². The van der Waals surface area contributed by atoms with Crippen LogP contribution in [0.5, 0.6) is 0 Å². The molecule has 0 aliphatic heterocycles. The fourth-order valence-electron chi connectivity index (χ4n) is 2.40. The van der Waals surface area contributed by atoms with Crippen LogP contribution < -0.4 is 5.32 Å². The topological polar surface area (TPSA) is 30.5 Å². The molecule has 1 aromatic carbocycles. The predicted molar refractivity (Wildman–Crippen MR) is 87.1 cm³/mol. The van der Waals surface area contributed by atoms with Gasteiger partial charge in [0.1, 0.15) is 0 Å². The predicted octanol–water partition coefficient (Wildman–Crippen LogP) is 3.70. The quantitative estimate of drug-likeness (QED) is 0.499. The van der Waals surface area contributed by atoms with Crippen molar-refractivity contribution in [1.29, 1.82) is 0 Å². The molecule has 0 bridgehead atoms. The maximum absolute atomic E-state index is 5.97. The van der Waals surface area contributed by atoms with Crippen LogP contribution >= 0.6 is 0 Å². The Kier molecular flexibility index (Phi) is 8.77. The highest BCUT2D eigenvalue weighted by molar-refractivity contribution is 6.67. The normalized spacial score (nSPS) is 11.8. The lowest BCUT2D eigenvalue weighted by Crippen LogP contribution is -2.42. The monoisotopic (exact) mass is 295 g/mol. The molecule has 114 valence electrons. The summed E-state index contributed by atoms with van der Waals surface area (Å²) in [6, 6.07) is 12.6. The largest absolute Gasteiger partial charge is 0.394 e. The van der Waals surface area contributed by atoms with Gasteiger partial charge in [0.25, 0.3) is 0 Å². The molecule has 0 unspecified atom stereocenters. The van der Waals surface area contributed by atoms with E-state index in [2.05, 4.69) is 56.4 Å². The van der Waals surface area contributed by atoms with Gasteiger partial charge in [-0.2, -0.15) is 0 Å². The van der Waals surface area contributed by atoms with Gasteiger partial charge in [0, 0.05) is 19.8 Å². The van der Waals surface area contributed by atoms with E-state index in [4.69, 9.17) is 8.85 Å². The number of rotatable bonds is 11. The summed E-state index contributed by atoms with van der Waals surface area (Å²) in [4.78, 5) is 0. The van der Waals surface area contributed by atoms with Gasteiger partial charge in [0.05, 0.1) is 0 Å². The Balaban J connectivity index is 2.26. The molecule has 0 aromatic heterocycles. The van der Waals surface area contributed by atoms with Crippen molar-refractivity contribution < 1.29 is 8.85 Å². The van der Waals surface area contributed by atoms with Crippen molar-refractivity contribution in [3.8, 4) is 0 Å². The van der Waals surface area contributed by atoms with Crippen LogP contribution in [0, 0.1) is 0 Å². The van der Waals surface area contributed by atoms with E-state index < -0.39 is 8.56 Å². The van der Waals surface area contributed by atoms with E-state index >= 15 is 0 Å². The van der Waals surface area contributed by atoms with Crippen LogP contribution in [0.4, 0.5) is 0 Å². The zero-order valence-electron chi connectivity index (χ0n) is 13.2. The van der Waals surface area contributed by atoms with Crippen molar-refractivity contribution in [3.63, 3.8) is 0 Å². The van der Waals surface area contributed by atoms with Crippen molar-refractivity contribution in [1.82, 2.24) is 5.32 Å². The zero-order chi connectivity index (χ0) is 14.7. The van der Waals surface area contributed by atoms with Gasteiger partial charge in [0.2, 0.25) is 0 Å². The van der Waals surface area contributed by atoms with E-state index in [1.165, 1.54) is 5.56 Å². The minimum Gasteiger partial charge on any atom is -0.394 e. The first kappa shape index (κ1) is 17.4. The summed E-state index contributed by atoms with van der Waals surface area (Å²) in [6.45, 7) is 9.78. The van der Waals surface area contributed by atoms with Crippen LogP contribution in [0.1, 0.15) is 32.8 Å². The Labute approximate surface area is 124 Å². The summed E-state index contributed by atoms with van der Waals surface area (Å²) in [5, 5.41) is 3.49. The molecule has 0 fully saturated rings. The highest BCUT2D eigenvalue weighted by Crippen LogP contribution is 2.20. The SMILES string of the molecule is CCO[Si](CC)(CCCNCc1ccccc1)OCC. The van der Waals surface area contributed by atoms with Crippen LogP contribution in [0.2, 0.25) is 12.1 Å². The molecule has 0 radical (unpaired) electrons. The molecule has 0 aliphatic carbocycles. The van der Waals surface area contributed by atoms with Crippen LogP contribution in [-0.4, -0.2) is 28.3 Å². The fraction of sp³-hybridized carbons (Fsp3) is 0.625. The number of hydrogen-bond donors (Lipinski definition) is 1. The first-order valence-corrected chi connectivity index (χ1v) is 10.0. The third kappa shape index (κ3) is 6.18. The minimum atomic E-state index is -1.94. The lowest BCUT2D eigenvalue weighted by molar-refractivity contribution is 0.182. The molecular weight excluding hydrogens is 266 g/mol. The van der Waals surface area contributed by atoms with Gasteiger partial charge in [-0.3, -0.25) is 0 Å².